The van der Waals surface area contributed by atoms with E-state index in [1.54, 1.807) is 13.3 Å². The molecule has 3 heterocycles. The van der Waals surface area contributed by atoms with Gasteiger partial charge in [-0.1, -0.05) is 35.6 Å². The van der Waals surface area contributed by atoms with E-state index in [0.717, 1.165) is 36.2 Å². The zero-order valence-corrected chi connectivity index (χ0v) is 17.9. The van der Waals surface area contributed by atoms with Crippen LogP contribution in [0.3, 0.4) is 0 Å². The smallest absolute Gasteiger partial charge is 0.347 e. The maximum Gasteiger partial charge on any atom is 0.347 e. The minimum atomic E-state index is -0.997. The van der Waals surface area contributed by atoms with E-state index in [-0.39, 0.29) is 10.9 Å². The summed E-state index contributed by atoms with van der Waals surface area (Å²) >= 11 is 1.06. The van der Waals surface area contributed by atoms with E-state index in [2.05, 4.69) is 49.9 Å². The first-order valence-corrected chi connectivity index (χ1v) is 10.9. The molecule has 9 nitrogen and oxygen atoms in total. The molecular formula is C21H21N7O2S. The van der Waals surface area contributed by atoms with Crippen molar-refractivity contribution in [1.82, 2.24) is 24.5 Å². The van der Waals surface area contributed by atoms with Gasteiger partial charge in [-0.25, -0.2) is 14.8 Å². The Bertz CT molecular complexity index is 1300. The van der Waals surface area contributed by atoms with E-state index < -0.39 is 5.97 Å². The highest BCUT2D eigenvalue weighted by atomic mass is 32.1. The number of nitrogens with one attached hydrogen (secondary N) is 2. The van der Waals surface area contributed by atoms with Crippen LogP contribution in [-0.4, -0.2) is 35.6 Å². The second-order valence-corrected chi connectivity index (χ2v) is 8.40. The Hall–Kier alpha value is -3.53. The number of hydrogen-bond acceptors (Lipinski definition) is 8. The summed E-state index contributed by atoms with van der Waals surface area (Å²) in [7, 11) is 0. The highest BCUT2D eigenvalue weighted by Gasteiger charge is 2.24. The van der Waals surface area contributed by atoms with Gasteiger partial charge in [0.25, 0.3) is 0 Å². The Kier molecular flexibility index (Phi) is 4.78. The maximum absolute atomic E-state index is 11.3. The number of fused-ring (bicyclic) bond motifs is 2. The second-order valence-electron chi connectivity index (χ2n) is 7.40. The molecule has 158 valence electrons. The summed E-state index contributed by atoms with van der Waals surface area (Å²) in [4.78, 5) is 29.5. The van der Waals surface area contributed by atoms with Gasteiger partial charge in [0.2, 0.25) is 5.95 Å². The summed E-state index contributed by atoms with van der Waals surface area (Å²) in [5.41, 5.74) is 4.51. The molecular weight excluding hydrogens is 414 g/mol. The van der Waals surface area contributed by atoms with Crippen molar-refractivity contribution in [3.8, 4) is 0 Å². The molecule has 1 atom stereocenters. The summed E-state index contributed by atoms with van der Waals surface area (Å²) in [5.74, 6) is 0.0250. The number of hydrogen-bond donors (Lipinski definition) is 3. The number of aromatic carboxylic acids is 1. The van der Waals surface area contributed by atoms with Gasteiger partial charge >= 0.3 is 5.97 Å². The molecule has 1 aromatic carbocycles. The average molecular weight is 436 g/mol. The number of nitrogens with zero attached hydrogens (tertiary/aromatic N) is 5. The van der Waals surface area contributed by atoms with E-state index in [4.69, 9.17) is 4.98 Å². The monoisotopic (exact) mass is 435 g/mol. The number of rotatable bonds is 6. The van der Waals surface area contributed by atoms with Crippen LogP contribution in [0.15, 0.2) is 30.6 Å². The van der Waals surface area contributed by atoms with Gasteiger partial charge in [0.05, 0.1) is 18.1 Å². The number of benzene rings is 1. The fourth-order valence-corrected chi connectivity index (χ4v) is 4.79. The van der Waals surface area contributed by atoms with Gasteiger partial charge in [0, 0.05) is 6.54 Å². The lowest BCUT2D eigenvalue weighted by Crippen LogP contribution is -2.11. The minimum absolute atomic E-state index is 0.156. The van der Waals surface area contributed by atoms with Crippen molar-refractivity contribution in [2.75, 3.05) is 10.6 Å². The number of imidazole rings is 1. The number of thiazole rings is 1. The zero-order chi connectivity index (χ0) is 21.5. The molecule has 0 aliphatic heterocycles. The number of aromatic nitrogens is 5. The molecule has 5 rings (SSSR count). The first-order valence-electron chi connectivity index (χ1n) is 10.1. The SMILES string of the molecule is CCn1cnc2nc(Nc3nc(C)c(C(=O)O)s3)nc(N[C@@H]3CCc4ccccc43)c21. The standard InChI is InChI=1S/C21H21N7O2S/c1-3-28-10-22-17-15(28)18(24-14-9-8-12-6-4-5-7-13(12)14)26-20(25-17)27-21-23-11(2)16(31-21)19(29)30/h4-7,10,14H,3,8-9H2,1-2H3,(H,29,30)(H2,23,24,25,26,27)/t14-/m1/s1. The Morgan fingerprint density at radius 3 is 2.90 bits per heavy atom. The highest BCUT2D eigenvalue weighted by Crippen LogP contribution is 2.35. The van der Waals surface area contributed by atoms with E-state index >= 15 is 0 Å². The van der Waals surface area contributed by atoms with Gasteiger partial charge in [-0.15, -0.1) is 0 Å². The highest BCUT2D eigenvalue weighted by molar-refractivity contribution is 7.17. The van der Waals surface area contributed by atoms with Crippen molar-refractivity contribution in [3.63, 3.8) is 0 Å². The van der Waals surface area contributed by atoms with E-state index in [9.17, 15) is 9.90 Å². The molecule has 0 amide bonds. The van der Waals surface area contributed by atoms with Crippen molar-refractivity contribution < 1.29 is 9.90 Å². The van der Waals surface area contributed by atoms with E-state index in [1.165, 1.54) is 11.1 Å². The van der Waals surface area contributed by atoms with Gasteiger partial charge in [-0.2, -0.15) is 9.97 Å². The average Bonchev–Trinajstić information content (AvgIpc) is 3.45. The fourth-order valence-electron chi connectivity index (χ4n) is 3.99. The molecule has 0 saturated carbocycles. The lowest BCUT2D eigenvalue weighted by atomic mass is 10.1. The Morgan fingerprint density at radius 1 is 1.29 bits per heavy atom. The van der Waals surface area contributed by atoms with Gasteiger partial charge in [-0.05, 0) is 37.8 Å². The third-order valence-corrected chi connectivity index (χ3v) is 6.53. The van der Waals surface area contributed by atoms with Crippen LogP contribution in [0.25, 0.3) is 11.2 Å². The van der Waals surface area contributed by atoms with Crippen molar-refractivity contribution in [2.45, 2.75) is 39.3 Å². The molecule has 1 aliphatic carbocycles. The number of anilines is 3. The van der Waals surface area contributed by atoms with Gasteiger partial charge in [0.15, 0.2) is 16.6 Å². The molecule has 0 unspecified atom stereocenters. The quantitative estimate of drug-likeness (QED) is 0.413. The molecule has 10 heteroatoms. The first kappa shape index (κ1) is 19.4. The molecule has 4 aromatic rings. The van der Waals surface area contributed by atoms with Crippen molar-refractivity contribution in [3.05, 3.63) is 52.3 Å². The van der Waals surface area contributed by atoms with E-state index in [1.807, 2.05) is 11.5 Å². The summed E-state index contributed by atoms with van der Waals surface area (Å²) in [6, 6.07) is 8.60. The van der Waals surface area contributed by atoms with Crippen LogP contribution < -0.4 is 10.6 Å². The molecule has 1 aliphatic rings. The topological polar surface area (TPSA) is 118 Å². The molecule has 0 saturated heterocycles. The third-order valence-electron chi connectivity index (χ3n) is 5.47. The number of carbonyl (C=O) groups is 1. The maximum atomic E-state index is 11.3. The molecule has 0 fully saturated rings. The Labute approximate surface area is 182 Å². The van der Waals surface area contributed by atoms with Crippen LogP contribution in [0.2, 0.25) is 0 Å². The lowest BCUT2D eigenvalue weighted by Gasteiger charge is -2.17. The van der Waals surface area contributed by atoms with E-state index in [0.29, 0.717) is 28.2 Å². The third kappa shape index (κ3) is 3.48. The van der Waals surface area contributed by atoms with Crippen LogP contribution in [0.5, 0.6) is 0 Å². The molecule has 3 aromatic heterocycles. The van der Waals surface area contributed by atoms with Crippen LogP contribution >= 0.6 is 11.3 Å². The minimum Gasteiger partial charge on any atom is -0.477 e. The van der Waals surface area contributed by atoms with Gasteiger partial charge < -0.3 is 15.0 Å². The number of carboxylic acid groups (broad SMARTS) is 1. The summed E-state index contributed by atoms with van der Waals surface area (Å²) in [6.07, 6.45) is 3.77. The largest absolute Gasteiger partial charge is 0.477 e. The van der Waals surface area contributed by atoms with Crippen LogP contribution in [0.4, 0.5) is 16.9 Å². The molecule has 0 radical (unpaired) electrons. The van der Waals surface area contributed by atoms with Crippen molar-refractivity contribution in [1.29, 1.82) is 0 Å². The van der Waals surface area contributed by atoms with Crippen LogP contribution in [0.1, 0.15) is 45.9 Å². The number of carboxylic acids is 1. The second kappa shape index (κ2) is 7.62. The molecule has 3 N–H and O–H groups in total. The van der Waals surface area contributed by atoms with Crippen molar-refractivity contribution in [2.24, 2.45) is 0 Å². The zero-order valence-electron chi connectivity index (χ0n) is 17.1. The van der Waals surface area contributed by atoms with Crippen LogP contribution in [0, 0.1) is 6.92 Å². The van der Waals surface area contributed by atoms with Crippen LogP contribution in [-0.2, 0) is 13.0 Å². The van der Waals surface area contributed by atoms with Crippen molar-refractivity contribution >= 4 is 45.4 Å². The number of aryl methyl sites for hydroxylation is 3. The van der Waals surface area contributed by atoms with Gasteiger partial charge in [-0.3, -0.25) is 5.32 Å². The normalized spacial score (nSPS) is 15.2. The van der Waals surface area contributed by atoms with Gasteiger partial charge in [0.1, 0.15) is 10.4 Å². The first-order chi connectivity index (χ1) is 15.0. The molecule has 0 spiro atoms. The summed E-state index contributed by atoms with van der Waals surface area (Å²) < 4.78 is 2.01. The predicted octanol–water partition coefficient (Wildman–Crippen LogP) is 4.15. The summed E-state index contributed by atoms with van der Waals surface area (Å²) in [6.45, 7) is 4.46. The Balaban J connectivity index is 1.53. The predicted molar refractivity (Wildman–Crippen MR) is 119 cm³/mol. The fraction of sp³-hybridized carbons (Fsp3) is 0.286. The molecule has 31 heavy (non-hydrogen) atoms. The summed E-state index contributed by atoms with van der Waals surface area (Å²) in [5, 5.41) is 16.4. The lowest BCUT2D eigenvalue weighted by molar-refractivity contribution is 0.0701. The Morgan fingerprint density at radius 2 is 2.13 bits per heavy atom. The molecule has 0 bridgehead atoms.